The van der Waals surface area contributed by atoms with E-state index in [1.165, 1.54) is 0 Å². The molecule has 2 aromatic carbocycles. The Balaban J connectivity index is 1.29. The third kappa shape index (κ3) is 6.14. The molecule has 1 aliphatic heterocycles. The number of hydrogen-bond donors (Lipinski definition) is 0. The molecule has 0 aliphatic carbocycles. The monoisotopic (exact) mass is 510 g/mol. The zero-order valence-corrected chi connectivity index (χ0v) is 22.0. The molecule has 1 aromatic heterocycles. The molecule has 37 heavy (non-hydrogen) atoms. The zero-order chi connectivity index (χ0) is 26.4. The predicted molar refractivity (Wildman–Crippen MR) is 137 cm³/mol. The van der Waals surface area contributed by atoms with Crippen LogP contribution in [0.25, 0.3) is 11.4 Å². The van der Waals surface area contributed by atoms with Gasteiger partial charge in [0.2, 0.25) is 17.6 Å². The average molecular weight is 511 g/mol. The van der Waals surface area contributed by atoms with E-state index in [0.717, 1.165) is 37.1 Å². The van der Waals surface area contributed by atoms with Crippen molar-refractivity contribution in [3.05, 3.63) is 47.9 Å². The van der Waals surface area contributed by atoms with Crippen molar-refractivity contribution in [2.24, 2.45) is 5.92 Å². The Morgan fingerprint density at radius 2 is 1.57 bits per heavy atom. The number of methoxy groups -OCH3 is 4. The minimum atomic E-state index is -0.00796. The highest BCUT2D eigenvalue weighted by Gasteiger charge is 2.28. The van der Waals surface area contributed by atoms with Gasteiger partial charge in [0.05, 0.1) is 35.0 Å². The number of nitrogens with zero attached hydrogens (tertiary/aromatic N) is 4. The zero-order valence-electron chi connectivity index (χ0n) is 22.0. The lowest BCUT2D eigenvalue weighted by atomic mass is 9.95. The molecule has 0 bridgehead atoms. The van der Waals surface area contributed by atoms with Gasteiger partial charge < -0.3 is 28.4 Å². The van der Waals surface area contributed by atoms with Gasteiger partial charge in [0.15, 0.2) is 23.0 Å². The lowest BCUT2D eigenvalue weighted by Crippen LogP contribution is -2.40. The van der Waals surface area contributed by atoms with Crippen LogP contribution in [0.4, 0.5) is 0 Å². The van der Waals surface area contributed by atoms with Crippen molar-refractivity contribution in [3.63, 3.8) is 0 Å². The van der Waals surface area contributed by atoms with E-state index in [9.17, 15) is 4.79 Å². The minimum Gasteiger partial charge on any atom is -0.493 e. The molecule has 0 unspecified atom stereocenters. The van der Waals surface area contributed by atoms with Gasteiger partial charge in [-0.2, -0.15) is 4.98 Å². The average Bonchev–Trinajstić information content (AvgIpc) is 3.40. The number of piperidine rings is 1. The maximum absolute atomic E-state index is 13.1. The second kappa shape index (κ2) is 12.0. The molecule has 0 spiro atoms. The van der Waals surface area contributed by atoms with Gasteiger partial charge in [-0.3, -0.25) is 9.69 Å². The van der Waals surface area contributed by atoms with E-state index >= 15 is 0 Å². The molecule has 1 saturated heterocycles. The van der Waals surface area contributed by atoms with Gasteiger partial charge in [0.1, 0.15) is 0 Å². The number of aromatic nitrogens is 2. The summed E-state index contributed by atoms with van der Waals surface area (Å²) in [6.45, 7) is 2.63. The van der Waals surface area contributed by atoms with Crippen LogP contribution in [0.15, 0.2) is 40.9 Å². The predicted octanol–water partition coefficient (Wildman–Crippen LogP) is 3.64. The van der Waals surface area contributed by atoms with Crippen molar-refractivity contribution in [3.8, 4) is 34.4 Å². The summed E-state index contributed by atoms with van der Waals surface area (Å²) in [6, 6.07) is 11.2. The van der Waals surface area contributed by atoms with Gasteiger partial charge in [-0.25, -0.2) is 0 Å². The Kier molecular flexibility index (Phi) is 8.50. The number of ether oxygens (including phenoxy) is 4. The van der Waals surface area contributed by atoms with Gasteiger partial charge in [-0.15, -0.1) is 0 Å². The molecule has 1 fully saturated rings. The summed E-state index contributed by atoms with van der Waals surface area (Å²) in [6.07, 6.45) is 1.57. The molecule has 1 aliphatic rings. The molecule has 0 radical (unpaired) electrons. The van der Waals surface area contributed by atoms with Crippen molar-refractivity contribution in [2.45, 2.75) is 25.9 Å². The lowest BCUT2D eigenvalue weighted by molar-refractivity contribution is -0.136. The summed E-state index contributed by atoms with van der Waals surface area (Å²) < 4.78 is 26.8. The van der Waals surface area contributed by atoms with Gasteiger partial charge >= 0.3 is 0 Å². The SMILES string of the molecule is COc1ccc(CN(C)C(=O)C2CCN(Cc3nc(-c4ccc(OC)c(OC)c4)no3)CC2)cc1OC. The van der Waals surface area contributed by atoms with Gasteiger partial charge in [0.25, 0.3) is 0 Å². The largest absolute Gasteiger partial charge is 0.493 e. The molecule has 10 heteroatoms. The van der Waals surface area contributed by atoms with Crippen molar-refractivity contribution < 1.29 is 28.3 Å². The summed E-state index contributed by atoms with van der Waals surface area (Å²) in [7, 11) is 8.24. The first-order chi connectivity index (χ1) is 17.9. The van der Waals surface area contributed by atoms with Crippen LogP contribution in [0.2, 0.25) is 0 Å². The van der Waals surface area contributed by atoms with Crippen LogP contribution in [0.5, 0.6) is 23.0 Å². The van der Waals surface area contributed by atoms with Crippen LogP contribution in [0.3, 0.4) is 0 Å². The fourth-order valence-electron chi connectivity index (χ4n) is 4.58. The first-order valence-corrected chi connectivity index (χ1v) is 12.2. The van der Waals surface area contributed by atoms with Crippen molar-refractivity contribution in [1.82, 2.24) is 19.9 Å². The van der Waals surface area contributed by atoms with E-state index in [2.05, 4.69) is 15.0 Å². The third-order valence-electron chi connectivity index (χ3n) is 6.65. The van der Waals surface area contributed by atoms with E-state index in [4.69, 9.17) is 23.5 Å². The van der Waals surface area contributed by atoms with Crippen molar-refractivity contribution >= 4 is 5.91 Å². The number of carbonyl (C=O) groups excluding carboxylic acids is 1. The van der Waals surface area contributed by atoms with Crippen molar-refractivity contribution in [1.29, 1.82) is 0 Å². The molecular formula is C27H34N4O6. The Hall–Kier alpha value is -3.79. The van der Waals surface area contributed by atoms with E-state index in [0.29, 0.717) is 47.8 Å². The van der Waals surface area contributed by atoms with Crippen LogP contribution in [-0.2, 0) is 17.9 Å². The number of amides is 1. The van der Waals surface area contributed by atoms with Crippen LogP contribution >= 0.6 is 0 Å². The van der Waals surface area contributed by atoms with Crippen LogP contribution < -0.4 is 18.9 Å². The molecule has 0 atom stereocenters. The summed E-state index contributed by atoms with van der Waals surface area (Å²) in [4.78, 5) is 21.7. The third-order valence-corrected chi connectivity index (χ3v) is 6.65. The molecule has 198 valence electrons. The normalized spacial score (nSPS) is 14.3. The number of carbonyl (C=O) groups is 1. The van der Waals surface area contributed by atoms with Gasteiger partial charge in [-0.1, -0.05) is 11.2 Å². The lowest BCUT2D eigenvalue weighted by Gasteiger charge is -2.32. The summed E-state index contributed by atoms with van der Waals surface area (Å²) in [5.41, 5.74) is 1.78. The van der Waals surface area contributed by atoms with E-state index in [-0.39, 0.29) is 11.8 Å². The second-order valence-corrected chi connectivity index (χ2v) is 9.02. The summed E-state index contributed by atoms with van der Waals surface area (Å²) in [5.74, 6) is 3.76. The minimum absolute atomic E-state index is 0.00796. The highest BCUT2D eigenvalue weighted by molar-refractivity contribution is 5.78. The maximum Gasteiger partial charge on any atom is 0.241 e. The number of rotatable bonds is 10. The van der Waals surface area contributed by atoms with Crippen LogP contribution in [0.1, 0.15) is 24.3 Å². The van der Waals surface area contributed by atoms with Gasteiger partial charge in [0, 0.05) is 25.1 Å². The molecule has 2 heterocycles. The van der Waals surface area contributed by atoms with Crippen LogP contribution in [-0.4, -0.2) is 74.4 Å². The maximum atomic E-state index is 13.1. The summed E-state index contributed by atoms with van der Waals surface area (Å²) >= 11 is 0. The first-order valence-electron chi connectivity index (χ1n) is 12.2. The smallest absolute Gasteiger partial charge is 0.241 e. The number of hydrogen-bond acceptors (Lipinski definition) is 9. The molecule has 4 rings (SSSR count). The topological polar surface area (TPSA) is 99.4 Å². The molecule has 1 amide bonds. The quantitative estimate of drug-likeness (QED) is 0.405. The Morgan fingerprint density at radius 3 is 2.22 bits per heavy atom. The number of benzene rings is 2. The molecule has 0 N–H and O–H groups in total. The fraction of sp³-hybridized carbons (Fsp3) is 0.444. The highest BCUT2D eigenvalue weighted by atomic mass is 16.5. The summed E-state index contributed by atoms with van der Waals surface area (Å²) in [5, 5.41) is 4.13. The van der Waals surface area contributed by atoms with Crippen LogP contribution in [0, 0.1) is 5.92 Å². The Bertz CT molecular complexity index is 1210. The Labute approximate surface area is 217 Å². The fourth-order valence-corrected chi connectivity index (χ4v) is 4.58. The number of likely N-dealkylation sites (tertiary alicyclic amines) is 1. The molecular weight excluding hydrogens is 476 g/mol. The van der Waals surface area contributed by atoms with Crippen molar-refractivity contribution in [2.75, 3.05) is 48.6 Å². The molecule has 0 saturated carbocycles. The van der Waals surface area contributed by atoms with Gasteiger partial charge in [-0.05, 0) is 61.8 Å². The standard InChI is InChI=1S/C27H34N4O6/c1-30(16-18-6-8-21(33-2)23(14-18)35-4)27(32)19-10-12-31(13-11-19)17-25-28-26(29-37-25)20-7-9-22(34-3)24(15-20)36-5/h6-9,14-15,19H,10-13,16-17H2,1-5H3. The first kappa shape index (κ1) is 26.3. The van der Waals surface area contributed by atoms with E-state index in [1.54, 1.807) is 33.3 Å². The second-order valence-electron chi connectivity index (χ2n) is 9.02. The Morgan fingerprint density at radius 1 is 0.946 bits per heavy atom. The molecule has 3 aromatic rings. The van der Waals surface area contributed by atoms with E-state index < -0.39 is 0 Å². The molecule has 10 nitrogen and oxygen atoms in total. The highest BCUT2D eigenvalue weighted by Crippen LogP contribution is 2.32. The van der Waals surface area contributed by atoms with E-state index in [1.807, 2.05) is 43.4 Å².